The van der Waals surface area contributed by atoms with Crippen LogP contribution in [-0.2, 0) is 11.2 Å². The molecule has 0 unspecified atom stereocenters. The van der Waals surface area contributed by atoms with Gasteiger partial charge in [-0.05, 0) is 17.2 Å². The summed E-state index contributed by atoms with van der Waals surface area (Å²) in [7, 11) is 0. The highest BCUT2D eigenvalue weighted by Crippen LogP contribution is 2.23. The number of rotatable bonds is 3. The van der Waals surface area contributed by atoms with Crippen molar-refractivity contribution in [2.24, 2.45) is 16.5 Å². The molecule has 0 radical (unpaired) electrons. The Kier molecular flexibility index (Phi) is 4.68. The van der Waals surface area contributed by atoms with Gasteiger partial charge in [-0.3, -0.25) is 4.79 Å². The van der Waals surface area contributed by atoms with Crippen molar-refractivity contribution in [1.82, 2.24) is 0 Å². The van der Waals surface area contributed by atoms with E-state index in [1.807, 2.05) is 0 Å². The van der Waals surface area contributed by atoms with Crippen LogP contribution in [0.5, 0.6) is 0 Å². The molecule has 19 heavy (non-hydrogen) atoms. The molecule has 0 saturated carbocycles. The van der Waals surface area contributed by atoms with Gasteiger partial charge >= 0.3 is 6.18 Å². The number of benzene rings is 1. The highest BCUT2D eigenvalue weighted by molar-refractivity contribution is 5.99. The van der Waals surface area contributed by atoms with Gasteiger partial charge < -0.3 is 11.5 Å². The van der Waals surface area contributed by atoms with Crippen LogP contribution in [0.4, 0.5) is 13.2 Å². The topological polar surface area (TPSA) is 81.5 Å². The molecule has 0 heterocycles. The largest absolute Gasteiger partial charge is 0.393 e. The summed E-state index contributed by atoms with van der Waals surface area (Å²) in [5.41, 5.74) is 10.4. The normalized spacial score (nSPS) is 11.5. The third-order valence-electron chi connectivity index (χ3n) is 2.09. The number of hydrogen-bond donors (Lipinski definition) is 2. The first-order valence-electron chi connectivity index (χ1n) is 5.24. The third-order valence-corrected chi connectivity index (χ3v) is 2.09. The van der Waals surface area contributed by atoms with E-state index in [2.05, 4.69) is 4.99 Å². The molecule has 0 fully saturated rings. The Hall–Kier alpha value is -2.31. The van der Waals surface area contributed by atoms with Crippen molar-refractivity contribution in [2.45, 2.75) is 12.6 Å². The van der Waals surface area contributed by atoms with Crippen molar-refractivity contribution in [3.05, 3.63) is 41.5 Å². The van der Waals surface area contributed by atoms with E-state index in [1.54, 1.807) is 6.07 Å². The molecule has 4 N–H and O–H groups in total. The predicted octanol–water partition coefficient (Wildman–Crippen LogP) is 1.60. The predicted molar refractivity (Wildman–Crippen MR) is 66.1 cm³/mol. The number of aliphatic imine (C=N–C) groups is 1. The monoisotopic (exact) mass is 271 g/mol. The fourth-order valence-electron chi connectivity index (χ4n) is 1.40. The molecule has 0 spiro atoms. The number of guanidine groups is 1. The number of halogens is 3. The quantitative estimate of drug-likeness (QED) is 0.498. The van der Waals surface area contributed by atoms with Gasteiger partial charge in [0, 0.05) is 6.08 Å². The van der Waals surface area contributed by atoms with Crippen molar-refractivity contribution < 1.29 is 18.0 Å². The average Bonchev–Trinajstić information content (AvgIpc) is 2.25. The van der Waals surface area contributed by atoms with Gasteiger partial charge in [0.25, 0.3) is 5.91 Å². The van der Waals surface area contributed by atoms with Gasteiger partial charge in [-0.2, -0.15) is 18.2 Å². The first-order valence-corrected chi connectivity index (χ1v) is 5.24. The highest BCUT2D eigenvalue weighted by atomic mass is 19.4. The molecule has 4 nitrogen and oxygen atoms in total. The molecule has 102 valence electrons. The number of hydrogen-bond acceptors (Lipinski definition) is 1. The minimum absolute atomic E-state index is 0.0729. The van der Waals surface area contributed by atoms with Crippen LogP contribution >= 0.6 is 0 Å². The van der Waals surface area contributed by atoms with Crippen molar-refractivity contribution in [1.29, 1.82) is 0 Å². The first-order chi connectivity index (χ1) is 8.78. The molecule has 1 rings (SSSR count). The zero-order valence-corrected chi connectivity index (χ0v) is 9.82. The summed E-state index contributed by atoms with van der Waals surface area (Å²) < 4.78 is 37.0. The van der Waals surface area contributed by atoms with E-state index in [0.29, 0.717) is 5.56 Å². The van der Waals surface area contributed by atoms with Gasteiger partial charge in [0.15, 0.2) is 5.96 Å². The first kappa shape index (κ1) is 14.7. The maximum Gasteiger partial charge on any atom is 0.393 e. The van der Waals surface area contributed by atoms with E-state index in [1.165, 1.54) is 24.3 Å². The van der Waals surface area contributed by atoms with Crippen LogP contribution in [-0.4, -0.2) is 18.0 Å². The zero-order chi connectivity index (χ0) is 14.5. The molecule has 0 atom stereocenters. The number of nitrogens with two attached hydrogens (primary N) is 2. The number of nitrogens with zero attached hydrogens (tertiary/aromatic N) is 1. The Bertz CT molecular complexity index is 517. The summed E-state index contributed by atoms with van der Waals surface area (Å²) in [6, 6.07) is 5.89. The fraction of sp³-hybridized carbons (Fsp3) is 0.167. The lowest BCUT2D eigenvalue weighted by molar-refractivity contribution is -0.127. The second-order valence-electron chi connectivity index (χ2n) is 3.70. The molecule has 1 aromatic carbocycles. The number of amides is 1. The van der Waals surface area contributed by atoms with Gasteiger partial charge in [-0.15, -0.1) is 0 Å². The molecule has 1 aromatic rings. The lowest BCUT2D eigenvalue weighted by atomic mass is 10.0. The minimum atomic E-state index is -4.31. The van der Waals surface area contributed by atoms with Gasteiger partial charge in [-0.25, -0.2) is 0 Å². The Morgan fingerprint density at radius 1 is 1.26 bits per heavy atom. The smallest absolute Gasteiger partial charge is 0.370 e. The average molecular weight is 271 g/mol. The molecule has 0 aliphatic carbocycles. The van der Waals surface area contributed by atoms with E-state index in [4.69, 9.17) is 11.5 Å². The Balaban J connectivity index is 2.93. The summed E-state index contributed by atoms with van der Waals surface area (Å²) in [5.74, 6) is -1.14. The van der Waals surface area contributed by atoms with Gasteiger partial charge in [-0.1, -0.05) is 24.3 Å². The maximum absolute atomic E-state index is 12.3. The van der Waals surface area contributed by atoms with E-state index in [-0.39, 0.29) is 5.56 Å². The maximum atomic E-state index is 12.3. The molecule has 0 aliphatic rings. The van der Waals surface area contributed by atoms with E-state index in [9.17, 15) is 18.0 Å². The molecule has 0 bridgehead atoms. The van der Waals surface area contributed by atoms with Crippen molar-refractivity contribution in [2.75, 3.05) is 0 Å². The summed E-state index contributed by atoms with van der Waals surface area (Å²) in [5, 5.41) is 0. The molecule has 0 aromatic heterocycles. The summed E-state index contributed by atoms with van der Waals surface area (Å²) >= 11 is 0. The molecule has 0 aliphatic heterocycles. The number of carbonyl (C=O) groups excluding carboxylic acids is 1. The standard InChI is InChI=1S/C12H12F3N3O/c13-12(14,15)7-9-4-2-1-3-8(9)5-6-10(19)18-11(16)17/h1-6H,7H2,(H4,16,17,18,19)/b6-5+. The van der Waals surface area contributed by atoms with Crippen LogP contribution < -0.4 is 11.5 Å². The summed E-state index contributed by atoms with van der Waals surface area (Å²) in [6.45, 7) is 0. The van der Waals surface area contributed by atoms with E-state index < -0.39 is 24.5 Å². The van der Waals surface area contributed by atoms with E-state index >= 15 is 0 Å². The Labute approximate surface area is 107 Å². The number of alkyl halides is 3. The van der Waals surface area contributed by atoms with Gasteiger partial charge in [0.2, 0.25) is 0 Å². The molecule has 7 heteroatoms. The Morgan fingerprint density at radius 3 is 2.47 bits per heavy atom. The van der Waals surface area contributed by atoms with Crippen molar-refractivity contribution in [3.63, 3.8) is 0 Å². The molecular weight excluding hydrogens is 259 g/mol. The minimum Gasteiger partial charge on any atom is -0.370 e. The van der Waals surface area contributed by atoms with E-state index in [0.717, 1.165) is 6.08 Å². The lowest BCUT2D eigenvalue weighted by Gasteiger charge is -2.08. The highest BCUT2D eigenvalue weighted by Gasteiger charge is 2.28. The molecule has 0 saturated heterocycles. The summed E-state index contributed by atoms with van der Waals surface area (Å²) in [4.78, 5) is 14.4. The lowest BCUT2D eigenvalue weighted by Crippen LogP contribution is -2.23. The number of carbonyl (C=O) groups is 1. The van der Waals surface area contributed by atoms with Crippen LogP contribution in [0.25, 0.3) is 6.08 Å². The molecule has 1 amide bonds. The van der Waals surface area contributed by atoms with Crippen LogP contribution in [0.1, 0.15) is 11.1 Å². The van der Waals surface area contributed by atoms with Gasteiger partial charge in [0.05, 0.1) is 6.42 Å². The van der Waals surface area contributed by atoms with Crippen LogP contribution in [0.2, 0.25) is 0 Å². The fourth-order valence-corrected chi connectivity index (χ4v) is 1.40. The zero-order valence-electron chi connectivity index (χ0n) is 9.82. The summed E-state index contributed by atoms with van der Waals surface area (Å²) in [6.07, 6.45) is -3.12. The van der Waals surface area contributed by atoms with Crippen LogP contribution in [0.15, 0.2) is 35.3 Å². The molecular formula is C12H12F3N3O. The second kappa shape index (κ2) is 6.03. The van der Waals surface area contributed by atoms with Crippen molar-refractivity contribution in [3.8, 4) is 0 Å². The Morgan fingerprint density at radius 2 is 1.89 bits per heavy atom. The van der Waals surface area contributed by atoms with Crippen LogP contribution in [0.3, 0.4) is 0 Å². The van der Waals surface area contributed by atoms with Gasteiger partial charge in [0.1, 0.15) is 0 Å². The van der Waals surface area contributed by atoms with Crippen molar-refractivity contribution >= 4 is 17.9 Å². The third kappa shape index (κ3) is 5.71. The second-order valence-corrected chi connectivity index (χ2v) is 3.70. The SMILES string of the molecule is NC(N)=NC(=O)/C=C/c1ccccc1CC(F)(F)F. The van der Waals surface area contributed by atoms with Crippen LogP contribution in [0, 0.1) is 0 Å².